The van der Waals surface area contributed by atoms with Crippen LogP contribution in [0.1, 0.15) is 76.4 Å². The molecule has 2 aromatic rings. The van der Waals surface area contributed by atoms with Crippen molar-refractivity contribution >= 4 is 21.6 Å². The van der Waals surface area contributed by atoms with Gasteiger partial charge < -0.3 is 4.74 Å². The smallest absolute Gasteiger partial charge is 0.308 e. The molecule has 4 bridgehead atoms. The molecule has 1 heterocycles. The maximum atomic E-state index is 12.6. The molecule has 0 spiro atoms. The van der Waals surface area contributed by atoms with Crippen LogP contribution in [0.4, 0.5) is 0 Å². The standard InChI is InChI=1S/C24H33NO2S/c1-3-4-5-8-25-20-7-6-19(12-21(20)28-23(25)26)22(27-2)24-13-16-9-17(14-24)11-18(10-16)15-24/h6-7,12,16-18,22H,3-5,8-11,13-15H2,1-2H3. The number of hydrogen-bond acceptors (Lipinski definition) is 3. The SMILES string of the molecule is CCCCCn1c(=O)sc2cc(C(OC)C34CC5CC(CC(C5)C3)C4)ccc21. The molecule has 1 atom stereocenters. The topological polar surface area (TPSA) is 31.2 Å². The van der Waals surface area contributed by atoms with E-state index in [0.717, 1.165) is 40.9 Å². The van der Waals surface area contributed by atoms with Crippen LogP contribution < -0.4 is 4.87 Å². The Morgan fingerprint density at radius 3 is 2.43 bits per heavy atom. The van der Waals surface area contributed by atoms with Gasteiger partial charge in [-0.05, 0) is 80.4 Å². The molecule has 0 radical (unpaired) electrons. The fourth-order valence-corrected chi connectivity index (χ4v) is 8.18. The normalized spacial score (nSPS) is 32.3. The molecule has 6 rings (SSSR count). The Kier molecular flexibility index (Phi) is 4.91. The quantitative estimate of drug-likeness (QED) is 0.522. The fraction of sp³-hybridized carbons (Fsp3) is 0.708. The van der Waals surface area contributed by atoms with Gasteiger partial charge in [-0.3, -0.25) is 9.36 Å². The third-order valence-corrected chi connectivity index (χ3v) is 8.80. The summed E-state index contributed by atoms with van der Waals surface area (Å²) in [5, 5.41) is 0. The number of hydrogen-bond donors (Lipinski definition) is 0. The predicted molar refractivity (Wildman–Crippen MR) is 116 cm³/mol. The van der Waals surface area contributed by atoms with Crippen molar-refractivity contribution in [1.82, 2.24) is 4.57 Å². The summed E-state index contributed by atoms with van der Waals surface area (Å²) >= 11 is 1.41. The van der Waals surface area contributed by atoms with Crippen LogP contribution in [0.3, 0.4) is 0 Å². The van der Waals surface area contributed by atoms with Crippen LogP contribution in [0.2, 0.25) is 0 Å². The van der Waals surface area contributed by atoms with E-state index in [1.807, 2.05) is 11.7 Å². The molecule has 0 saturated heterocycles. The van der Waals surface area contributed by atoms with Crippen molar-refractivity contribution in [3.63, 3.8) is 0 Å². The van der Waals surface area contributed by atoms with Gasteiger partial charge in [-0.2, -0.15) is 0 Å². The van der Waals surface area contributed by atoms with Crippen LogP contribution >= 0.6 is 11.3 Å². The highest BCUT2D eigenvalue weighted by Crippen LogP contribution is 2.64. The maximum absolute atomic E-state index is 12.6. The first-order chi connectivity index (χ1) is 13.6. The molecular formula is C24H33NO2S. The summed E-state index contributed by atoms with van der Waals surface area (Å²) in [5.41, 5.74) is 2.72. The molecule has 152 valence electrons. The monoisotopic (exact) mass is 399 g/mol. The Morgan fingerprint density at radius 2 is 1.82 bits per heavy atom. The van der Waals surface area contributed by atoms with Crippen LogP contribution in [0.15, 0.2) is 23.0 Å². The Bertz CT molecular complexity index is 876. The maximum Gasteiger partial charge on any atom is 0.308 e. The Balaban J connectivity index is 1.47. The van der Waals surface area contributed by atoms with Crippen molar-refractivity contribution in [2.75, 3.05) is 7.11 Å². The number of fused-ring (bicyclic) bond motifs is 1. The fourth-order valence-electron chi connectivity index (χ4n) is 7.22. The minimum atomic E-state index is 0.177. The first-order valence-corrected chi connectivity index (χ1v) is 12.1. The summed E-state index contributed by atoms with van der Waals surface area (Å²) in [7, 11) is 1.89. The largest absolute Gasteiger partial charge is 0.376 e. The third kappa shape index (κ3) is 3.08. The lowest BCUT2D eigenvalue weighted by Crippen LogP contribution is -2.49. The minimum Gasteiger partial charge on any atom is -0.376 e. The van der Waals surface area contributed by atoms with E-state index in [-0.39, 0.29) is 11.0 Å². The zero-order valence-electron chi connectivity index (χ0n) is 17.3. The Hall–Kier alpha value is -1.13. The van der Waals surface area contributed by atoms with E-state index in [9.17, 15) is 4.79 Å². The predicted octanol–water partition coefficient (Wildman–Crippen LogP) is 6.16. The van der Waals surface area contributed by atoms with Crippen LogP contribution in [0, 0.1) is 23.2 Å². The molecule has 0 aliphatic heterocycles. The van der Waals surface area contributed by atoms with E-state index in [1.54, 1.807) is 0 Å². The minimum absolute atomic E-state index is 0.177. The molecule has 4 saturated carbocycles. The number of thiazole rings is 1. The van der Waals surface area contributed by atoms with Crippen molar-refractivity contribution < 1.29 is 4.74 Å². The zero-order valence-corrected chi connectivity index (χ0v) is 18.1. The summed E-state index contributed by atoms with van der Waals surface area (Å²) in [6.07, 6.45) is 12.0. The summed E-state index contributed by atoms with van der Waals surface area (Å²) in [5.74, 6) is 2.76. The average Bonchev–Trinajstić information content (AvgIpc) is 2.96. The van der Waals surface area contributed by atoms with Gasteiger partial charge in [-0.15, -0.1) is 0 Å². The second-order valence-electron chi connectivity index (χ2n) is 9.85. The number of methoxy groups -OCH3 is 1. The number of benzene rings is 1. The molecule has 0 amide bonds. The molecule has 3 nitrogen and oxygen atoms in total. The van der Waals surface area contributed by atoms with Crippen molar-refractivity contribution in [1.29, 1.82) is 0 Å². The average molecular weight is 400 g/mol. The highest BCUT2D eigenvalue weighted by molar-refractivity contribution is 7.16. The van der Waals surface area contributed by atoms with Gasteiger partial charge >= 0.3 is 4.87 Å². The van der Waals surface area contributed by atoms with Gasteiger partial charge in [0.05, 0.1) is 16.3 Å². The summed E-state index contributed by atoms with van der Waals surface area (Å²) in [6.45, 7) is 3.05. The second-order valence-corrected chi connectivity index (χ2v) is 10.8. The lowest BCUT2D eigenvalue weighted by Gasteiger charge is -2.59. The number of rotatable bonds is 7. The van der Waals surface area contributed by atoms with Gasteiger partial charge in [0.2, 0.25) is 0 Å². The zero-order chi connectivity index (χ0) is 19.3. The summed E-state index contributed by atoms with van der Waals surface area (Å²) in [4.78, 5) is 12.7. The lowest BCUT2D eigenvalue weighted by molar-refractivity contribution is -0.134. The Labute approximate surface area is 172 Å². The van der Waals surface area contributed by atoms with Gasteiger partial charge in [0, 0.05) is 19.1 Å². The molecule has 4 heteroatoms. The van der Waals surface area contributed by atoms with Crippen molar-refractivity contribution in [2.24, 2.45) is 23.2 Å². The van der Waals surface area contributed by atoms with Crippen LogP contribution in [-0.4, -0.2) is 11.7 Å². The molecule has 1 unspecified atom stereocenters. The van der Waals surface area contributed by atoms with E-state index in [1.165, 1.54) is 68.3 Å². The van der Waals surface area contributed by atoms with E-state index < -0.39 is 0 Å². The van der Waals surface area contributed by atoms with Gasteiger partial charge in [-0.1, -0.05) is 37.2 Å². The molecule has 28 heavy (non-hydrogen) atoms. The highest BCUT2D eigenvalue weighted by Gasteiger charge is 2.54. The van der Waals surface area contributed by atoms with E-state index in [2.05, 4.69) is 25.1 Å². The molecule has 4 fully saturated rings. The molecule has 4 aliphatic carbocycles. The van der Waals surface area contributed by atoms with E-state index in [4.69, 9.17) is 4.74 Å². The number of unbranched alkanes of at least 4 members (excludes halogenated alkanes) is 2. The van der Waals surface area contributed by atoms with Gasteiger partial charge in [-0.25, -0.2) is 0 Å². The van der Waals surface area contributed by atoms with Crippen LogP contribution in [0.5, 0.6) is 0 Å². The summed E-state index contributed by atoms with van der Waals surface area (Å²) in [6, 6.07) is 6.70. The second kappa shape index (κ2) is 7.28. The number of nitrogens with zero attached hydrogens (tertiary/aromatic N) is 1. The number of ether oxygens (including phenoxy) is 1. The molecule has 1 aromatic carbocycles. The molecular weight excluding hydrogens is 366 g/mol. The van der Waals surface area contributed by atoms with Crippen LogP contribution in [-0.2, 0) is 11.3 Å². The van der Waals surface area contributed by atoms with Crippen molar-refractivity contribution in [3.8, 4) is 0 Å². The third-order valence-electron chi connectivity index (χ3n) is 7.86. The highest BCUT2D eigenvalue weighted by atomic mass is 32.1. The Morgan fingerprint density at radius 1 is 1.14 bits per heavy atom. The molecule has 1 aromatic heterocycles. The first-order valence-electron chi connectivity index (χ1n) is 11.3. The first kappa shape index (κ1) is 18.9. The van der Waals surface area contributed by atoms with E-state index >= 15 is 0 Å². The molecule has 0 N–H and O–H groups in total. The number of aromatic nitrogens is 1. The van der Waals surface area contributed by atoms with Crippen molar-refractivity contribution in [2.45, 2.75) is 77.4 Å². The van der Waals surface area contributed by atoms with Gasteiger partial charge in [0.1, 0.15) is 0 Å². The number of aryl methyl sites for hydroxylation is 1. The van der Waals surface area contributed by atoms with E-state index in [0.29, 0.717) is 5.41 Å². The molecule has 4 aliphatic rings. The van der Waals surface area contributed by atoms with Gasteiger partial charge in [0.15, 0.2) is 0 Å². The van der Waals surface area contributed by atoms with Crippen molar-refractivity contribution in [3.05, 3.63) is 33.4 Å². The lowest BCUT2D eigenvalue weighted by atomic mass is 9.47. The van der Waals surface area contributed by atoms with Crippen LogP contribution in [0.25, 0.3) is 10.2 Å². The summed E-state index contributed by atoms with van der Waals surface area (Å²) < 4.78 is 9.31. The van der Waals surface area contributed by atoms with Gasteiger partial charge in [0.25, 0.3) is 0 Å².